The first-order valence-electron chi connectivity index (χ1n) is 9.57. The zero-order valence-corrected chi connectivity index (χ0v) is 18.3. The van der Waals surface area contributed by atoms with Gasteiger partial charge < -0.3 is 15.4 Å². The molecule has 2 aromatic rings. The van der Waals surface area contributed by atoms with Gasteiger partial charge in [-0.2, -0.15) is 0 Å². The third-order valence-electron chi connectivity index (χ3n) is 5.17. The maximum absolute atomic E-state index is 12.6. The standard InChI is InChI=1S/C21H23N3O4S2/c1-13-3-6-15(20(25)22-10-14-4-7-16(28-2)8-5-14)9-17(13)23-21-24-18-11-30(26,27)12-19(18)29-21/h3-9,18-19H,10-12H2,1-2H3,(H,22,25)(H,23,24)/t18-,19+/m1/s1. The molecule has 7 nitrogen and oxygen atoms in total. The highest BCUT2D eigenvalue weighted by Crippen LogP contribution is 2.35. The van der Waals surface area contributed by atoms with E-state index >= 15 is 0 Å². The summed E-state index contributed by atoms with van der Waals surface area (Å²) in [7, 11) is -1.36. The van der Waals surface area contributed by atoms with Crippen LogP contribution in [0.3, 0.4) is 0 Å². The van der Waals surface area contributed by atoms with Crippen molar-refractivity contribution in [3.63, 3.8) is 0 Å². The molecule has 9 heteroatoms. The normalized spacial score (nSPS) is 21.6. The molecule has 1 fully saturated rings. The lowest BCUT2D eigenvalue weighted by Crippen LogP contribution is -2.23. The van der Waals surface area contributed by atoms with E-state index in [2.05, 4.69) is 15.6 Å². The fraction of sp³-hybridized carbons (Fsp3) is 0.333. The minimum atomic E-state index is -2.98. The fourth-order valence-electron chi connectivity index (χ4n) is 3.46. The Kier molecular flexibility index (Phi) is 5.75. The van der Waals surface area contributed by atoms with Crippen molar-refractivity contribution in [1.29, 1.82) is 0 Å². The Bertz CT molecular complexity index is 1100. The second kappa shape index (κ2) is 8.31. The Balaban J connectivity index is 1.41. The van der Waals surface area contributed by atoms with Crippen LogP contribution < -0.4 is 15.4 Å². The van der Waals surface area contributed by atoms with E-state index in [0.29, 0.717) is 17.3 Å². The van der Waals surface area contributed by atoms with Gasteiger partial charge in [-0.25, -0.2) is 8.42 Å². The number of methoxy groups -OCH3 is 1. The molecule has 0 spiro atoms. The smallest absolute Gasteiger partial charge is 0.251 e. The van der Waals surface area contributed by atoms with Crippen LogP contribution in [-0.4, -0.2) is 49.4 Å². The monoisotopic (exact) mass is 445 g/mol. The molecule has 30 heavy (non-hydrogen) atoms. The molecule has 0 radical (unpaired) electrons. The van der Waals surface area contributed by atoms with Crippen molar-refractivity contribution < 1.29 is 17.9 Å². The van der Waals surface area contributed by atoms with Crippen LogP contribution >= 0.6 is 11.8 Å². The average Bonchev–Trinajstić information content (AvgIpc) is 3.20. The first-order chi connectivity index (χ1) is 14.3. The van der Waals surface area contributed by atoms with Gasteiger partial charge in [-0.05, 0) is 42.3 Å². The molecular formula is C21H23N3O4S2. The maximum Gasteiger partial charge on any atom is 0.251 e. The summed E-state index contributed by atoms with van der Waals surface area (Å²) in [6.45, 7) is 2.37. The number of carbonyl (C=O) groups excluding carboxylic acids is 1. The lowest BCUT2D eigenvalue weighted by atomic mass is 10.1. The van der Waals surface area contributed by atoms with E-state index in [-0.39, 0.29) is 28.7 Å². The third-order valence-corrected chi connectivity index (χ3v) is 8.31. The number of benzene rings is 2. The van der Waals surface area contributed by atoms with Crippen molar-refractivity contribution in [3.05, 3.63) is 59.2 Å². The van der Waals surface area contributed by atoms with Crippen LogP contribution in [0.2, 0.25) is 0 Å². The van der Waals surface area contributed by atoms with Crippen LogP contribution in [0, 0.1) is 6.92 Å². The molecule has 0 aromatic heterocycles. The Labute approximate surface area is 180 Å². The number of amidine groups is 1. The van der Waals surface area contributed by atoms with Crippen molar-refractivity contribution in [3.8, 4) is 5.75 Å². The van der Waals surface area contributed by atoms with E-state index in [1.54, 1.807) is 19.2 Å². The van der Waals surface area contributed by atoms with Crippen LogP contribution in [0.25, 0.3) is 0 Å². The molecule has 0 saturated carbocycles. The van der Waals surface area contributed by atoms with Crippen LogP contribution in [-0.2, 0) is 16.4 Å². The zero-order chi connectivity index (χ0) is 21.3. The number of nitrogens with one attached hydrogen (secondary N) is 2. The molecule has 0 unspecified atom stereocenters. The van der Waals surface area contributed by atoms with Gasteiger partial charge in [-0.3, -0.25) is 9.79 Å². The minimum absolute atomic E-state index is 0.0196. The van der Waals surface area contributed by atoms with Gasteiger partial charge in [0.25, 0.3) is 5.91 Å². The number of rotatable bonds is 5. The second-order valence-corrected chi connectivity index (χ2v) is 10.8. The second-order valence-electron chi connectivity index (χ2n) is 7.42. The van der Waals surface area contributed by atoms with E-state index in [4.69, 9.17) is 4.74 Å². The highest BCUT2D eigenvalue weighted by atomic mass is 32.2. The zero-order valence-electron chi connectivity index (χ0n) is 16.7. The number of aliphatic imine (C=N–C) groups is 1. The molecule has 2 aromatic carbocycles. The van der Waals surface area contributed by atoms with Crippen molar-refractivity contribution in [2.75, 3.05) is 23.9 Å². The number of thioether (sulfide) groups is 1. The number of amides is 1. The molecule has 2 aliphatic rings. The Morgan fingerprint density at radius 3 is 2.67 bits per heavy atom. The van der Waals surface area contributed by atoms with Gasteiger partial charge in [0, 0.05) is 23.0 Å². The Hall–Kier alpha value is -2.52. The van der Waals surface area contributed by atoms with Gasteiger partial charge in [-0.15, -0.1) is 0 Å². The third kappa shape index (κ3) is 4.62. The highest BCUT2D eigenvalue weighted by molar-refractivity contribution is 8.15. The van der Waals surface area contributed by atoms with Gasteiger partial charge in [0.05, 0.1) is 24.7 Å². The first-order valence-corrected chi connectivity index (χ1v) is 12.3. The van der Waals surface area contributed by atoms with E-state index in [0.717, 1.165) is 22.6 Å². The maximum atomic E-state index is 12.6. The predicted molar refractivity (Wildman–Crippen MR) is 120 cm³/mol. The number of nitrogens with zero attached hydrogens (tertiary/aromatic N) is 1. The van der Waals surface area contributed by atoms with E-state index < -0.39 is 9.84 Å². The molecule has 4 rings (SSSR count). The lowest BCUT2D eigenvalue weighted by molar-refractivity contribution is 0.0951. The number of ether oxygens (including phenoxy) is 1. The van der Waals surface area contributed by atoms with Crippen molar-refractivity contribution in [2.45, 2.75) is 24.8 Å². The number of hydrogen-bond donors (Lipinski definition) is 2. The molecule has 2 heterocycles. The summed E-state index contributed by atoms with van der Waals surface area (Å²) in [6.07, 6.45) is 0. The molecule has 1 amide bonds. The molecule has 1 saturated heterocycles. The number of carbonyl (C=O) groups is 1. The summed E-state index contributed by atoms with van der Waals surface area (Å²) >= 11 is 1.46. The largest absolute Gasteiger partial charge is 0.497 e. The topological polar surface area (TPSA) is 96.9 Å². The van der Waals surface area contributed by atoms with Crippen LogP contribution in [0.1, 0.15) is 21.5 Å². The molecular weight excluding hydrogens is 422 g/mol. The summed E-state index contributed by atoms with van der Waals surface area (Å²) in [5.74, 6) is 0.888. The fourth-order valence-corrected chi connectivity index (χ4v) is 7.12. The van der Waals surface area contributed by atoms with E-state index in [1.165, 1.54) is 11.8 Å². The van der Waals surface area contributed by atoms with Crippen molar-refractivity contribution in [2.24, 2.45) is 4.99 Å². The van der Waals surface area contributed by atoms with Gasteiger partial charge >= 0.3 is 0 Å². The summed E-state index contributed by atoms with van der Waals surface area (Å²) in [6, 6.07) is 12.8. The summed E-state index contributed by atoms with van der Waals surface area (Å²) < 4.78 is 28.6. The molecule has 2 atom stereocenters. The molecule has 2 aliphatic heterocycles. The van der Waals surface area contributed by atoms with Crippen LogP contribution in [0.4, 0.5) is 5.69 Å². The predicted octanol–water partition coefficient (Wildman–Crippen LogP) is 2.61. The van der Waals surface area contributed by atoms with Crippen LogP contribution in [0.15, 0.2) is 47.5 Å². The van der Waals surface area contributed by atoms with E-state index in [9.17, 15) is 13.2 Å². The van der Waals surface area contributed by atoms with E-state index in [1.807, 2.05) is 37.3 Å². The van der Waals surface area contributed by atoms with Gasteiger partial charge in [-0.1, -0.05) is 30.0 Å². The summed E-state index contributed by atoms with van der Waals surface area (Å²) in [5.41, 5.74) is 3.30. The number of anilines is 1. The van der Waals surface area contributed by atoms with Crippen LogP contribution in [0.5, 0.6) is 5.75 Å². The number of sulfone groups is 1. The van der Waals surface area contributed by atoms with Crippen molar-refractivity contribution >= 4 is 38.4 Å². The molecule has 158 valence electrons. The van der Waals surface area contributed by atoms with Gasteiger partial charge in [0.1, 0.15) is 5.75 Å². The Morgan fingerprint density at radius 2 is 1.97 bits per heavy atom. The molecule has 0 bridgehead atoms. The highest BCUT2D eigenvalue weighted by Gasteiger charge is 2.42. The number of hydrogen-bond acceptors (Lipinski definition) is 7. The minimum Gasteiger partial charge on any atom is -0.497 e. The summed E-state index contributed by atoms with van der Waals surface area (Å²) in [5, 5.41) is 6.88. The van der Waals surface area contributed by atoms with Gasteiger partial charge in [0.2, 0.25) is 0 Å². The quantitative estimate of drug-likeness (QED) is 0.734. The lowest BCUT2D eigenvalue weighted by Gasteiger charge is -2.12. The van der Waals surface area contributed by atoms with Gasteiger partial charge in [0.15, 0.2) is 15.0 Å². The first kappa shape index (κ1) is 20.7. The van der Waals surface area contributed by atoms with Crippen molar-refractivity contribution in [1.82, 2.24) is 5.32 Å². The Morgan fingerprint density at radius 1 is 1.20 bits per heavy atom. The number of fused-ring (bicyclic) bond motifs is 1. The average molecular weight is 446 g/mol. The molecule has 2 N–H and O–H groups in total. The SMILES string of the molecule is COc1ccc(CNC(=O)c2ccc(C)c(NC3=N[C@@H]4CS(=O)(=O)C[C@@H]4S3)c2)cc1. The summed E-state index contributed by atoms with van der Waals surface area (Å²) in [4.78, 5) is 17.1. The number of aryl methyl sites for hydroxylation is 1. The molecule has 0 aliphatic carbocycles.